The minimum absolute atomic E-state index is 0.0755. The van der Waals surface area contributed by atoms with Crippen LogP contribution in [0.25, 0.3) is 11.3 Å². The fourth-order valence-electron chi connectivity index (χ4n) is 4.69. The molecular weight excluding hydrogens is 460 g/mol. The molecule has 0 amide bonds. The van der Waals surface area contributed by atoms with Gasteiger partial charge < -0.3 is 15.0 Å². The standard InChI is InChI=1S/C22H25NO2.C10H9NO/c1-16-15-20(19(16)13-14-23)25-21(24)22(2,17-9-5-3-6-10-17)18-11-7-4-8-12-18;1-8-7-10(12-11-8)9-5-3-2-4-6-9/h3-12,19-20H,1,13-15,23H2,2H3;2-7H,1H3/p+1. The minimum atomic E-state index is -0.825. The molecule has 1 aliphatic carbocycles. The van der Waals surface area contributed by atoms with Crippen LogP contribution in [0, 0.1) is 12.8 Å². The van der Waals surface area contributed by atoms with E-state index in [0.717, 1.165) is 47.5 Å². The smallest absolute Gasteiger partial charge is 0.321 e. The third kappa shape index (κ3) is 5.89. The highest BCUT2D eigenvalue weighted by Gasteiger charge is 2.44. The van der Waals surface area contributed by atoms with Crippen LogP contribution in [0.5, 0.6) is 0 Å². The Bertz CT molecular complexity index is 1260. The van der Waals surface area contributed by atoms with Gasteiger partial charge in [-0.15, -0.1) is 0 Å². The molecule has 0 radical (unpaired) electrons. The van der Waals surface area contributed by atoms with Gasteiger partial charge in [0.1, 0.15) is 11.5 Å². The van der Waals surface area contributed by atoms with Crippen LogP contribution in [0.3, 0.4) is 0 Å². The second-order valence-corrected chi connectivity index (χ2v) is 9.61. The first kappa shape index (κ1) is 26.1. The summed E-state index contributed by atoms with van der Waals surface area (Å²) < 4.78 is 11.1. The third-order valence-electron chi connectivity index (χ3n) is 7.01. The molecule has 1 fully saturated rings. The molecule has 0 saturated heterocycles. The zero-order chi connectivity index (χ0) is 26.3. The lowest BCUT2D eigenvalue weighted by Crippen LogP contribution is -2.53. The van der Waals surface area contributed by atoms with Crippen molar-refractivity contribution in [3.63, 3.8) is 0 Å². The van der Waals surface area contributed by atoms with E-state index < -0.39 is 5.41 Å². The molecule has 0 bridgehead atoms. The van der Waals surface area contributed by atoms with Crippen molar-refractivity contribution in [1.82, 2.24) is 5.16 Å². The highest BCUT2D eigenvalue weighted by atomic mass is 16.5. The van der Waals surface area contributed by atoms with Gasteiger partial charge in [0.25, 0.3) is 0 Å². The summed E-state index contributed by atoms with van der Waals surface area (Å²) in [6.45, 7) is 8.76. The fourth-order valence-corrected chi connectivity index (χ4v) is 4.69. The highest BCUT2D eigenvalue weighted by molar-refractivity contribution is 5.87. The first-order chi connectivity index (χ1) is 17.9. The van der Waals surface area contributed by atoms with Gasteiger partial charge >= 0.3 is 5.97 Å². The van der Waals surface area contributed by atoms with E-state index in [0.29, 0.717) is 0 Å². The van der Waals surface area contributed by atoms with Crippen molar-refractivity contribution in [2.45, 2.75) is 38.2 Å². The molecule has 3 N–H and O–H groups in total. The van der Waals surface area contributed by atoms with Crippen LogP contribution in [0.15, 0.2) is 114 Å². The van der Waals surface area contributed by atoms with E-state index in [9.17, 15) is 4.79 Å². The number of quaternary nitrogens is 1. The summed E-state index contributed by atoms with van der Waals surface area (Å²) in [5.41, 5.74) is 8.13. The number of carbonyl (C=O) groups excluding carboxylic acids is 1. The normalized spacial score (nSPS) is 16.8. The number of esters is 1. The Morgan fingerprint density at radius 3 is 2.00 bits per heavy atom. The van der Waals surface area contributed by atoms with Crippen LogP contribution >= 0.6 is 0 Å². The number of aromatic nitrogens is 1. The van der Waals surface area contributed by atoms with E-state index in [-0.39, 0.29) is 18.0 Å². The Morgan fingerprint density at radius 1 is 1.00 bits per heavy atom. The van der Waals surface area contributed by atoms with Gasteiger partial charge in [-0.05, 0) is 25.0 Å². The van der Waals surface area contributed by atoms with Crippen LogP contribution in [0.2, 0.25) is 0 Å². The van der Waals surface area contributed by atoms with Crippen LogP contribution in [-0.4, -0.2) is 23.8 Å². The van der Waals surface area contributed by atoms with E-state index in [1.807, 2.05) is 111 Å². The van der Waals surface area contributed by atoms with Gasteiger partial charge in [0, 0.05) is 30.4 Å². The fraction of sp³-hybridized carbons (Fsp3) is 0.250. The number of hydrogen-bond acceptors (Lipinski definition) is 4. The van der Waals surface area contributed by atoms with Crippen LogP contribution in [-0.2, 0) is 14.9 Å². The average molecular weight is 496 g/mol. The maximum absolute atomic E-state index is 13.3. The maximum Gasteiger partial charge on any atom is 0.321 e. The molecule has 5 heteroatoms. The summed E-state index contributed by atoms with van der Waals surface area (Å²) in [6.07, 6.45) is 1.61. The quantitative estimate of drug-likeness (QED) is 0.261. The Balaban J connectivity index is 0.000000222. The Kier molecular flexibility index (Phi) is 8.36. The molecule has 3 aromatic carbocycles. The minimum Gasteiger partial charge on any atom is -0.460 e. The predicted octanol–water partition coefficient (Wildman–Crippen LogP) is 5.76. The topological polar surface area (TPSA) is 80.0 Å². The molecule has 2 unspecified atom stereocenters. The number of ether oxygens (including phenoxy) is 1. The summed E-state index contributed by atoms with van der Waals surface area (Å²) in [5.74, 6) is 0.877. The summed E-state index contributed by atoms with van der Waals surface area (Å²) in [7, 11) is 0. The number of benzene rings is 3. The number of carbonyl (C=O) groups is 1. The van der Waals surface area contributed by atoms with Crippen molar-refractivity contribution in [3.05, 3.63) is 126 Å². The summed E-state index contributed by atoms with van der Waals surface area (Å²) >= 11 is 0. The lowest BCUT2D eigenvalue weighted by Gasteiger charge is -2.40. The van der Waals surface area contributed by atoms with Crippen molar-refractivity contribution < 1.29 is 19.8 Å². The maximum atomic E-state index is 13.3. The van der Waals surface area contributed by atoms with Gasteiger partial charge in [-0.25, -0.2) is 0 Å². The molecule has 1 saturated carbocycles. The second kappa shape index (κ2) is 11.8. The van der Waals surface area contributed by atoms with Crippen molar-refractivity contribution in [1.29, 1.82) is 0 Å². The first-order valence-corrected chi connectivity index (χ1v) is 12.7. The van der Waals surface area contributed by atoms with Crippen LogP contribution in [0.4, 0.5) is 0 Å². The van der Waals surface area contributed by atoms with Gasteiger partial charge in [0.2, 0.25) is 0 Å². The molecule has 1 heterocycles. The molecule has 4 aromatic rings. The third-order valence-corrected chi connectivity index (χ3v) is 7.01. The Labute approximate surface area is 219 Å². The SMILES string of the molecule is C=C1CC(OC(=O)C(C)(c2ccccc2)c2ccccc2)C1CC[NH3+].Cc1cc(-c2ccccc2)on1. The molecule has 1 aromatic heterocycles. The number of rotatable bonds is 7. The van der Waals surface area contributed by atoms with Crippen LogP contribution < -0.4 is 5.73 Å². The Hall–Kier alpha value is -3.96. The lowest BCUT2D eigenvalue weighted by atomic mass is 9.73. The van der Waals surface area contributed by atoms with E-state index in [2.05, 4.69) is 17.5 Å². The molecule has 5 rings (SSSR count). The molecule has 190 valence electrons. The monoisotopic (exact) mass is 495 g/mol. The largest absolute Gasteiger partial charge is 0.460 e. The second-order valence-electron chi connectivity index (χ2n) is 9.61. The van der Waals surface area contributed by atoms with Gasteiger partial charge in [0.15, 0.2) is 5.76 Å². The van der Waals surface area contributed by atoms with Gasteiger partial charge in [-0.3, -0.25) is 4.79 Å². The molecule has 0 spiro atoms. The summed E-state index contributed by atoms with van der Waals surface area (Å²) in [5, 5.41) is 3.82. The predicted molar refractivity (Wildman–Crippen MR) is 146 cm³/mol. The first-order valence-electron chi connectivity index (χ1n) is 12.7. The zero-order valence-electron chi connectivity index (χ0n) is 21.6. The summed E-state index contributed by atoms with van der Waals surface area (Å²) in [6, 6.07) is 31.6. The average Bonchev–Trinajstić information content (AvgIpc) is 3.39. The van der Waals surface area contributed by atoms with Crippen molar-refractivity contribution >= 4 is 5.97 Å². The van der Waals surface area contributed by atoms with Crippen molar-refractivity contribution in [3.8, 4) is 11.3 Å². The molecule has 2 atom stereocenters. The van der Waals surface area contributed by atoms with Gasteiger partial charge in [-0.1, -0.05) is 108 Å². The molecular formula is C32H35N2O3+. The molecule has 0 aliphatic heterocycles. The van der Waals surface area contributed by atoms with Crippen molar-refractivity contribution in [2.24, 2.45) is 5.92 Å². The highest BCUT2D eigenvalue weighted by Crippen LogP contribution is 2.40. The lowest BCUT2D eigenvalue weighted by molar-refractivity contribution is -0.371. The number of hydrogen-bond donors (Lipinski definition) is 1. The Morgan fingerprint density at radius 2 is 1.54 bits per heavy atom. The summed E-state index contributed by atoms with van der Waals surface area (Å²) in [4.78, 5) is 13.3. The zero-order valence-corrected chi connectivity index (χ0v) is 21.6. The number of aryl methyl sites for hydroxylation is 1. The molecule has 1 aliphatic rings. The van der Waals surface area contributed by atoms with E-state index >= 15 is 0 Å². The molecule has 37 heavy (non-hydrogen) atoms. The van der Waals surface area contributed by atoms with E-state index in [4.69, 9.17) is 9.26 Å². The van der Waals surface area contributed by atoms with E-state index in [1.165, 1.54) is 5.57 Å². The van der Waals surface area contributed by atoms with Gasteiger partial charge in [-0.2, -0.15) is 0 Å². The van der Waals surface area contributed by atoms with Crippen LogP contribution in [0.1, 0.15) is 36.6 Å². The van der Waals surface area contributed by atoms with E-state index in [1.54, 1.807) is 0 Å². The van der Waals surface area contributed by atoms with Crippen molar-refractivity contribution in [2.75, 3.05) is 6.54 Å². The van der Waals surface area contributed by atoms with Gasteiger partial charge in [0.05, 0.1) is 12.2 Å². The number of nitrogens with zero attached hydrogens (tertiary/aromatic N) is 1. The molecule has 5 nitrogen and oxygen atoms in total.